The van der Waals surface area contributed by atoms with Gasteiger partial charge in [0.15, 0.2) is 0 Å². The summed E-state index contributed by atoms with van der Waals surface area (Å²) in [5.41, 5.74) is 0.0971. The minimum Gasteiger partial charge on any atom is -0.346 e. The van der Waals surface area contributed by atoms with E-state index in [2.05, 4.69) is 28.2 Å². The molecular formula is C15H21BrN2O2. The number of hydrogen-bond acceptors (Lipinski definition) is 2. The van der Waals surface area contributed by atoms with Crippen molar-refractivity contribution in [3.05, 3.63) is 34.2 Å². The normalized spacial score (nSPS) is 26.2. The van der Waals surface area contributed by atoms with Crippen molar-refractivity contribution in [2.75, 3.05) is 5.33 Å². The molecule has 1 heterocycles. The van der Waals surface area contributed by atoms with E-state index in [1.54, 1.807) is 19.3 Å². The van der Waals surface area contributed by atoms with E-state index < -0.39 is 0 Å². The lowest BCUT2D eigenvalue weighted by Gasteiger charge is -2.39. The standard InChI is InChI=1S/C15H21BrN2O2/c1-11-3-6-15(10-16,7-4-11)17-14(20)12-5-8-18(2)13(19)9-12/h5,8-9,11H,3-4,6-7,10H2,1-2H3,(H,17,20). The van der Waals surface area contributed by atoms with Crippen molar-refractivity contribution in [2.24, 2.45) is 13.0 Å². The van der Waals surface area contributed by atoms with Gasteiger partial charge < -0.3 is 9.88 Å². The summed E-state index contributed by atoms with van der Waals surface area (Å²) >= 11 is 3.53. The number of carbonyl (C=O) groups is 1. The molecule has 1 N–H and O–H groups in total. The van der Waals surface area contributed by atoms with Gasteiger partial charge in [0.05, 0.1) is 5.54 Å². The molecular weight excluding hydrogens is 320 g/mol. The lowest BCUT2D eigenvalue weighted by Crippen LogP contribution is -2.52. The Bertz CT molecular complexity index is 545. The molecule has 0 unspecified atom stereocenters. The van der Waals surface area contributed by atoms with Crippen LogP contribution in [-0.2, 0) is 7.05 Å². The molecule has 2 rings (SSSR count). The molecule has 20 heavy (non-hydrogen) atoms. The van der Waals surface area contributed by atoms with Crippen molar-refractivity contribution in [1.29, 1.82) is 0 Å². The Morgan fingerprint density at radius 3 is 2.70 bits per heavy atom. The molecule has 1 fully saturated rings. The maximum atomic E-state index is 12.3. The highest BCUT2D eigenvalue weighted by molar-refractivity contribution is 9.09. The van der Waals surface area contributed by atoms with Gasteiger partial charge in [-0.25, -0.2) is 0 Å². The van der Waals surface area contributed by atoms with Gasteiger partial charge in [-0.15, -0.1) is 0 Å². The average Bonchev–Trinajstić information content (AvgIpc) is 2.44. The summed E-state index contributed by atoms with van der Waals surface area (Å²) in [6.45, 7) is 2.25. The maximum absolute atomic E-state index is 12.3. The van der Waals surface area contributed by atoms with E-state index >= 15 is 0 Å². The van der Waals surface area contributed by atoms with Crippen LogP contribution in [0.4, 0.5) is 0 Å². The summed E-state index contributed by atoms with van der Waals surface area (Å²) in [6, 6.07) is 3.08. The van der Waals surface area contributed by atoms with E-state index in [0.717, 1.165) is 36.9 Å². The quantitative estimate of drug-likeness (QED) is 0.859. The van der Waals surface area contributed by atoms with Crippen LogP contribution in [0.3, 0.4) is 0 Å². The molecule has 1 aliphatic rings. The Morgan fingerprint density at radius 1 is 1.50 bits per heavy atom. The highest BCUT2D eigenvalue weighted by Gasteiger charge is 2.34. The predicted molar refractivity (Wildman–Crippen MR) is 83.3 cm³/mol. The van der Waals surface area contributed by atoms with Crippen molar-refractivity contribution in [3.63, 3.8) is 0 Å². The Hall–Kier alpha value is -1.10. The van der Waals surface area contributed by atoms with E-state index in [1.807, 2.05) is 0 Å². The van der Waals surface area contributed by atoms with Gasteiger partial charge in [0.1, 0.15) is 0 Å². The van der Waals surface area contributed by atoms with Crippen LogP contribution in [0, 0.1) is 5.92 Å². The Labute approximate surface area is 127 Å². The van der Waals surface area contributed by atoms with Gasteiger partial charge >= 0.3 is 0 Å². The zero-order valence-electron chi connectivity index (χ0n) is 12.0. The first-order chi connectivity index (χ1) is 9.46. The van der Waals surface area contributed by atoms with Gasteiger partial charge in [0.25, 0.3) is 11.5 Å². The molecule has 1 aromatic rings. The first-order valence-corrected chi connectivity index (χ1v) is 8.13. The van der Waals surface area contributed by atoms with Crippen molar-refractivity contribution < 1.29 is 4.79 Å². The van der Waals surface area contributed by atoms with E-state index in [9.17, 15) is 9.59 Å². The Kier molecular flexibility index (Phi) is 4.68. The smallest absolute Gasteiger partial charge is 0.251 e. The number of carbonyl (C=O) groups excluding carboxylic acids is 1. The lowest BCUT2D eigenvalue weighted by molar-refractivity contribution is 0.0874. The molecule has 110 valence electrons. The van der Waals surface area contributed by atoms with Gasteiger partial charge in [0, 0.05) is 30.2 Å². The first kappa shape index (κ1) is 15.3. The van der Waals surface area contributed by atoms with Crippen molar-refractivity contribution in [3.8, 4) is 0 Å². The molecule has 0 saturated heterocycles. The van der Waals surface area contributed by atoms with Crippen LogP contribution in [-0.4, -0.2) is 21.3 Å². The molecule has 5 heteroatoms. The fourth-order valence-corrected chi connectivity index (χ4v) is 3.31. The average molecular weight is 341 g/mol. The third kappa shape index (κ3) is 3.32. The second kappa shape index (κ2) is 6.12. The molecule has 0 spiro atoms. The molecule has 1 aliphatic carbocycles. The molecule has 4 nitrogen and oxygen atoms in total. The molecule has 1 amide bonds. The Morgan fingerprint density at radius 2 is 2.15 bits per heavy atom. The second-order valence-electron chi connectivity index (χ2n) is 5.92. The van der Waals surface area contributed by atoms with Crippen molar-refractivity contribution in [2.45, 2.75) is 38.1 Å². The van der Waals surface area contributed by atoms with Gasteiger partial charge in [-0.2, -0.15) is 0 Å². The monoisotopic (exact) mass is 340 g/mol. The number of alkyl halides is 1. The summed E-state index contributed by atoms with van der Waals surface area (Å²) < 4.78 is 1.46. The summed E-state index contributed by atoms with van der Waals surface area (Å²) in [4.78, 5) is 23.9. The molecule has 0 aromatic carbocycles. The van der Waals surface area contributed by atoms with Gasteiger partial charge in [-0.3, -0.25) is 9.59 Å². The number of amides is 1. The zero-order chi connectivity index (χ0) is 14.8. The lowest BCUT2D eigenvalue weighted by atomic mass is 9.78. The minimum atomic E-state index is -0.176. The van der Waals surface area contributed by atoms with Crippen LogP contribution in [0.15, 0.2) is 23.1 Å². The number of halogens is 1. The van der Waals surface area contributed by atoms with E-state index in [4.69, 9.17) is 0 Å². The van der Waals surface area contributed by atoms with Crippen LogP contribution >= 0.6 is 15.9 Å². The van der Waals surface area contributed by atoms with Crippen molar-refractivity contribution >= 4 is 21.8 Å². The maximum Gasteiger partial charge on any atom is 0.251 e. The summed E-state index contributed by atoms with van der Waals surface area (Å²) in [5.74, 6) is 0.569. The summed E-state index contributed by atoms with van der Waals surface area (Å²) in [5, 5.41) is 3.88. The van der Waals surface area contributed by atoms with Gasteiger partial charge in [-0.05, 0) is 37.7 Å². The highest BCUT2D eigenvalue weighted by atomic mass is 79.9. The predicted octanol–water partition coefficient (Wildman–Crippen LogP) is 2.46. The van der Waals surface area contributed by atoms with Gasteiger partial charge in [0.2, 0.25) is 0 Å². The van der Waals surface area contributed by atoms with Crippen LogP contribution in [0.25, 0.3) is 0 Å². The molecule has 0 radical (unpaired) electrons. The number of pyridine rings is 1. The van der Waals surface area contributed by atoms with Gasteiger partial charge in [-0.1, -0.05) is 22.9 Å². The van der Waals surface area contributed by atoms with Crippen LogP contribution in [0.5, 0.6) is 0 Å². The Balaban J connectivity index is 2.13. The fraction of sp³-hybridized carbons (Fsp3) is 0.600. The molecule has 0 aliphatic heterocycles. The fourth-order valence-electron chi connectivity index (χ4n) is 2.61. The van der Waals surface area contributed by atoms with E-state index in [1.165, 1.54) is 10.6 Å². The summed E-state index contributed by atoms with van der Waals surface area (Å²) in [6.07, 6.45) is 5.85. The first-order valence-electron chi connectivity index (χ1n) is 7.01. The van der Waals surface area contributed by atoms with Crippen LogP contribution < -0.4 is 10.9 Å². The third-order valence-corrected chi connectivity index (χ3v) is 5.31. The number of rotatable bonds is 3. The molecule has 0 bridgehead atoms. The third-order valence-electron chi connectivity index (χ3n) is 4.23. The largest absolute Gasteiger partial charge is 0.346 e. The molecule has 1 saturated carbocycles. The molecule has 1 aromatic heterocycles. The molecule has 0 atom stereocenters. The number of nitrogens with zero attached hydrogens (tertiary/aromatic N) is 1. The van der Waals surface area contributed by atoms with Crippen molar-refractivity contribution in [1.82, 2.24) is 9.88 Å². The van der Waals surface area contributed by atoms with Crippen LogP contribution in [0.2, 0.25) is 0 Å². The van der Waals surface area contributed by atoms with E-state index in [-0.39, 0.29) is 17.0 Å². The highest BCUT2D eigenvalue weighted by Crippen LogP contribution is 2.33. The number of hydrogen-bond donors (Lipinski definition) is 1. The SMILES string of the molecule is CC1CCC(CBr)(NC(=O)c2ccn(C)c(=O)c2)CC1. The number of aromatic nitrogens is 1. The summed E-state index contributed by atoms with van der Waals surface area (Å²) in [7, 11) is 1.67. The number of aryl methyl sites for hydroxylation is 1. The second-order valence-corrected chi connectivity index (χ2v) is 6.48. The zero-order valence-corrected chi connectivity index (χ0v) is 13.6. The topological polar surface area (TPSA) is 51.1 Å². The number of nitrogens with one attached hydrogen (secondary N) is 1. The van der Waals surface area contributed by atoms with Crippen LogP contribution in [0.1, 0.15) is 43.0 Å². The minimum absolute atomic E-state index is 0.156. The van der Waals surface area contributed by atoms with E-state index in [0.29, 0.717) is 5.56 Å².